The molecule has 0 unspecified atom stereocenters. The van der Waals surface area contributed by atoms with Gasteiger partial charge in [-0.25, -0.2) is 4.99 Å². The molecule has 0 fully saturated rings. The fourth-order valence-electron chi connectivity index (χ4n) is 1.13. The van der Waals surface area contributed by atoms with Gasteiger partial charge in [0.15, 0.2) is 5.76 Å². The van der Waals surface area contributed by atoms with Gasteiger partial charge in [0, 0.05) is 12.6 Å². The first kappa shape index (κ1) is 12.8. The van der Waals surface area contributed by atoms with E-state index >= 15 is 0 Å². The highest BCUT2D eigenvalue weighted by atomic mass is 16.5. The van der Waals surface area contributed by atoms with Crippen LogP contribution in [-0.2, 0) is 4.74 Å². The number of hydrogen-bond donors (Lipinski definition) is 1. The minimum absolute atomic E-state index is 0.596. The molecular formula is C14H16N2O. The number of nitrogens with one attached hydrogen (secondary N) is 1. The molecule has 1 heterocycles. The largest absolute Gasteiger partial charge is 0.458 e. The van der Waals surface area contributed by atoms with Gasteiger partial charge in [0.05, 0.1) is 6.21 Å². The van der Waals surface area contributed by atoms with Crippen LogP contribution >= 0.6 is 0 Å². The lowest BCUT2D eigenvalue weighted by Crippen LogP contribution is -2.10. The molecule has 0 aromatic heterocycles. The number of ether oxygens (including phenoxy) is 1. The molecule has 1 aliphatic rings. The molecule has 3 nitrogen and oxygen atoms in total. The van der Waals surface area contributed by atoms with E-state index in [4.69, 9.17) is 4.74 Å². The molecule has 1 rings (SSSR count). The summed E-state index contributed by atoms with van der Waals surface area (Å²) in [5.41, 5.74) is 0. The van der Waals surface area contributed by atoms with Gasteiger partial charge < -0.3 is 10.1 Å². The molecule has 0 aromatic carbocycles. The van der Waals surface area contributed by atoms with E-state index in [0.29, 0.717) is 18.0 Å². The highest BCUT2D eigenvalue weighted by Gasteiger charge is 2.03. The van der Waals surface area contributed by atoms with Crippen LogP contribution < -0.4 is 5.32 Å². The summed E-state index contributed by atoms with van der Waals surface area (Å²) < 4.78 is 5.64. The molecule has 3 heteroatoms. The van der Waals surface area contributed by atoms with Crippen molar-refractivity contribution in [3.8, 4) is 0 Å². The highest BCUT2D eigenvalue weighted by molar-refractivity contribution is 5.78. The maximum absolute atomic E-state index is 5.64. The Labute approximate surface area is 102 Å². The molecule has 1 aliphatic heterocycles. The van der Waals surface area contributed by atoms with Crippen molar-refractivity contribution < 1.29 is 4.74 Å². The number of hydrogen-bond acceptors (Lipinski definition) is 3. The van der Waals surface area contributed by atoms with Crippen molar-refractivity contribution in [2.75, 3.05) is 0 Å². The van der Waals surface area contributed by atoms with Crippen LogP contribution in [-0.4, -0.2) is 6.21 Å². The first-order valence-corrected chi connectivity index (χ1v) is 5.23. The second-order valence-corrected chi connectivity index (χ2v) is 3.23. The third-order valence-corrected chi connectivity index (χ3v) is 1.87. The standard InChI is InChI=1S/C14H16N2O/c1-4-6-7-9-13(8-5-2)17-14-10-15-12(3)16-11-14/h4-8,10-11,15H,1-3,9H2/b7-6-,13-8+. The van der Waals surface area contributed by atoms with Crippen molar-refractivity contribution in [3.05, 3.63) is 73.7 Å². The molecular weight excluding hydrogens is 212 g/mol. The molecule has 17 heavy (non-hydrogen) atoms. The minimum atomic E-state index is 0.596. The zero-order valence-corrected chi connectivity index (χ0v) is 9.73. The SMILES string of the molecule is C=C/C=C\C/C(=C\C=C)OC1=CNC(=C)N=C1. The fraction of sp³-hybridized carbons (Fsp3) is 0.0714. The molecule has 1 N–H and O–H groups in total. The van der Waals surface area contributed by atoms with Crippen LogP contribution in [0.15, 0.2) is 78.6 Å². The van der Waals surface area contributed by atoms with Crippen molar-refractivity contribution in [1.29, 1.82) is 0 Å². The molecule has 0 spiro atoms. The summed E-state index contributed by atoms with van der Waals surface area (Å²) in [5, 5.41) is 2.88. The Bertz CT molecular complexity index is 426. The molecule has 0 amide bonds. The Morgan fingerprint density at radius 3 is 2.82 bits per heavy atom. The van der Waals surface area contributed by atoms with Crippen molar-refractivity contribution in [2.24, 2.45) is 4.99 Å². The third kappa shape index (κ3) is 4.84. The minimum Gasteiger partial charge on any atom is -0.458 e. The van der Waals surface area contributed by atoms with Crippen molar-refractivity contribution in [1.82, 2.24) is 5.32 Å². The lowest BCUT2D eigenvalue weighted by Gasteiger charge is -2.12. The quantitative estimate of drug-likeness (QED) is 0.559. The van der Waals surface area contributed by atoms with E-state index in [1.807, 2.05) is 18.2 Å². The van der Waals surface area contributed by atoms with Crippen LogP contribution in [0.2, 0.25) is 0 Å². The molecule has 0 aliphatic carbocycles. The molecule has 0 aromatic rings. The van der Waals surface area contributed by atoms with Gasteiger partial charge >= 0.3 is 0 Å². The second-order valence-electron chi connectivity index (χ2n) is 3.23. The highest BCUT2D eigenvalue weighted by Crippen LogP contribution is 2.12. The van der Waals surface area contributed by atoms with Crippen LogP contribution in [0.1, 0.15) is 6.42 Å². The molecule has 0 saturated carbocycles. The van der Waals surface area contributed by atoms with Crippen LogP contribution in [0, 0.1) is 0 Å². The Balaban J connectivity index is 2.61. The summed E-state index contributed by atoms with van der Waals surface area (Å²) >= 11 is 0. The van der Waals surface area contributed by atoms with E-state index < -0.39 is 0 Å². The molecule has 0 radical (unpaired) electrons. The van der Waals surface area contributed by atoms with Crippen LogP contribution in [0.5, 0.6) is 0 Å². The molecule has 0 atom stereocenters. The van der Waals surface area contributed by atoms with Gasteiger partial charge in [-0.1, -0.05) is 44.0 Å². The van der Waals surface area contributed by atoms with E-state index in [2.05, 4.69) is 30.0 Å². The van der Waals surface area contributed by atoms with Crippen LogP contribution in [0.4, 0.5) is 0 Å². The van der Waals surface area contributed by atoms with Crippen molar-refractivity contribution in [3.63, 3.8) is 0 Å². The maximum Gasteiger partial charge on any atom is 0.161 e. The van der Waals surface area contributed by atoms with Crippen molar-refractivity contribution >= 4 is 6.21 Å². The number of nitrogens with zero attached hydrogens (tertiary/aromatic N) is 1. The molecule has 0 bridgehead atoms. The lowest BCUT2D eigenvalue weighted by atomic mass is 10.3. The predicted molar refractivity (Wildman–Crippen MR) is 72.2 cm³/mol. The average molecular weight is 228 g/mol. The van der Waals surface area contributed by atoms with E-state index in [1.54, 1.807) is 24.6 Å². The lowest BCUT2D eigenvalue weighted by molar-refractivity contribution is 0.320. The maximum atomic E-state index is 5.64. The van der Waals surface area contributed by atoms with E-state index in [1.165, 1.54) is 0 Å². The summed E-state index contributed by atoms with van der Waals surface area (Å²) in [6, 6.07) is 0. The smallest absolute Gasteiger partial charge is 0.161 e. The normalized spacial score (nSPS) is 15.4. The molecule has 88 valence electrons. The number of allylic oxidation sites excluding steroid dienone is 6. The first-order chi connectivity index (χ1) is 8.26. The zero-order valence-electron chi connectivity index (χ0n) is 9.73. The van der Waals surface area contributed by atoms with Crippen LogP contribution in [0.3, 0.4) is 0 Å². The Kier molecular flexibility index (Phi) is 5.31. The van der Waals surface area contributed by atoms with Gasteiger partial charge in [-0.05, 0) is 6.08 Å². The van der Waals surface area contributed by atoms with Gasteiger partial charge in [-0.15, -0.1) is 0 Å². The number of aliphatic imine (C=N–C) groups is 1. The average Bonchev–Trinajstić information content (AvgIpc) is 2.32. The Morgan fingerprint density at radius 1 is 1.41 bits per heavy atom. The van der Waals surface area contributed by atoms with Gasteiger partial charge in [0.25, 0.3) is 0 Å². The van der Waals surface area contributed by atoms with Crippen LogP contribution in [0.25, 0.3) is 0 Å². The van der Waals surface area contributed by atoms with Crippen molar-refractivity contribution in [2.45, 2.75) is 6.42 Å². The Hall–Kier alpha value is -2.29. The summed E-state index contributed by atoms with van der Waals surface area (Å²) in [6.07, 6.45) is 13.0. The topological polar surface area (TPSA) is 33.6 Å². The van der Waals surface area contributed by atoms with E-state index in [-0.39, 0.29) is 0 Å². The first-order valence-electron chi connectivity index (χ1n) is 5.23. The Morgan fingerprint density at radius 2 is 2.24 bits per heavy atom. The monoisotopic (exact) mass is 228 g/mol. The van der Waals surface area contributed by atoms with E-state index in [9.17, 15) is 0 Å². The summed E-state index contributed by atoms with van der Waals surface area (Å²) in [7, 11) is 0. The summed E-state index contributed by atoms with van der Waals surface area (Å²) in [6.45, 7) is 10.9. The summed E-state index contributed by atoms with van der Waals surface area (Å²) in [5.74, 6) is 2.01. The fourth-order valence-corrected chi connectivity index (χ4v) is 1.13. The van der Waals surface area contributed by atoms with Gasteiger partial charge in [-0.3, -0.25) is 0 Å². The third-order valence-electron chi connectivity index (χ3n) is 1.87. The number of rotatable bonds is 6. The van der Waals surface area contributed by atoms with Gasteiger partial charge in [0.2, 0.25) is 0 Å². The van der Waals surface area contributed by atoms with Gasteiger partial charge in [0.1, 0.15) is 11.6 Å². The van der Waals surface area contributed by atoms with Gasteiger partial charge in [-0.2, -0.15) is 0 Å². The zero-order chi connectivity index (χ0) is 12.5. The summed E-state index contributed by atoms with van der Waals surface area (Å²) in [4.78, 5) is 4.01. The predicted octanol–water partition coefficient (Wildman–Crippen LogP) is 3.19. The molecule has 0 saturated heterocycles. The second kappa shape index (κ2) is 7.06. The van der Waals surface area contributed by atoms with E-state index in [0.717, 1.165) is 5.76 Å².